The quantitative estimate of drug-likeness (QED) is 0.799. The van der Waals surface area contributed by atoms with Gasteiger partial charge in [-0.15, -0.1) is 0 Å². The fraction of sp³-hybridized carbons (Fsp3) is 0.353. The van der Waals surface area contributed by atoms with E-state index in [1.165, 1.54) is 28.3 Å². The van der Waals surface area contributed by atoms with Crippen molar-refractivity contribution in [2.75, 3.05) is 0 Å². The average Bonchev–Trinajstić information content (AvgIpc) is 2.46. The van der Waals surface area contributed by atoms with Crippen LogP contribution in [0.3, 0.4) is 0 Å². The van der Waals surface area contributed by atoms with Gasteiger partial charge in [0.1, 0.15) is 0 Å². The molecule has 1 saturated heterocycles. The fourth-order valence-electron chi connectivity index (χ4n) is 3.47. The van der Waals surface area contributed by atoms with Gasteiger partial charge >= 0.3 is 0 Å². The van der Waals surface area contributed by atoms with E-state index in [1.54, 1.807) is 0 Å². The number of hydrogen-bond donors (Lipinski definition) is 0. The van der Waals surface area contributed by atoms with Crippen molar-refractivity contribution in [2.24, 2.45) is 0 Å². The van der Waals surface area contributed by atoms with E-state index in [4.69, 9.17) is 0 Å². The lowest BCUT2D eigenvalue weighted by Gasteiger charge is -2.33. The number of fused-ring (bicyclic) bond motifs is 3. The molecule has 0 amide bonds. The molecule has 2 aliphatic rings. The Kier molecular flexibility index (Phi) is 2.95. The van der Waals surface area contributed by atoms with Gasteiger partial charge in [0, 0.05) is 39.4 Å². The number of hydrogen-bond acceptors (Lipinski definition) is 2. The highest BCUT2D eigenvalue weighted by Crippen LogP contribution is 2.38. The molecule has 102 valence electrons. The van der Waals surface area contributed by atoms with E-state index in [2.05, 4.69) is 29.3 Å². The number of allylic oxidation sites excluding steroid dienone is 1. The monoisotopic (exact) mass is 283 g/mol. The van der Waals surface area contributed by atoms with Gasteiger partial charge in [0.15, 0.2) is 0 Å². The van der Waals surface area contributed by atoms with Crippen LogP contribution in [0, 0.1) is 0 Å². The second-order valence-electron chi connectivity index (χ2n) is 5.72. The Morgan fingerprint density at radius 2 is 2.05 bits per heavy atom. The molecule has 0 aliphatic carbocycles. The molecule has 0 spiro atoms. The molecule has 3 unspecified atom stereocenters. The van der Waals surface area contributed by atoms with Crippen molar-refractivity contribution in [3.63, 3.8) is 0 Å². The van der Waals surface area contributed by atoms with Gasteiger partial charge in [0.25, 0.3) is 0 Å². The zero-order chi connectivity index (χ0) is 13.5. The number of rotatable bonds is 1. The molecule has 2 nitrogen and oxygen atoms in total. The topological polar surface area (TPSA) is 30.0 Å². The summed E-state index contributed by atoms with van der Waals surface area (Å²) in [5, 5.41) is 3.06. The molecular formula is C17H17NOS. The molecule has 3 heteroatoms. The van der Waals surface area contributed by atoms with Crippen LogP contribution in [0.1, 0.15) is 31.2 Å². The predicted octanol–water partition coefficient (Wildman–Crippen LogP) is 3.69. The summed E-state index contributed by atoms with van der Waals surface area (Å²) in [6.07, 6.45) is 10.5. The zero-order valence-electron chi connectivity index (χ0n) is 11.3. The van der Waals surface area contributed by atoms with Gasteiger partial charge in [-0.25, -0.2) is 0 Å². The lowest BCUT2D eigenvalue weighted by Crippen LogP contribution is -2.33. The highest BCUT2D eigenvalue weighted by atomic mass is 32.2. The van der Waals surface area contributed by atoms with Crippen molar-refractivity contribution in [3.05, 3.63) is 48.3 Å². The Labute approximate surface area is 121 Å². The molecule has 2 aromatic rings. The first-order valence-corrected chi connectivity index (χ1v) is 8.54. The van der Waals surface area contributed by atoms with E-state index in [0.29, 0.717) is 5.25 Å². The summed E-state index contributed by atoms with van der Waals surface area (Å²) in [7, 11) is -0.661. The molecule has 20 heavy (non-hydrogen) atoms. The van der Waals surface area contributed by atoms with Crippen molar-refractivity contribution >= 4 is 27.1 Å². The molecule has 3 atom stereocenters. The minimum Gasteiger partial charge on any atom is -0.263 e. The molecule has 1 fully saturated rings. The summed E-state index contributed by atoms with van der Waals surface area (Å²) in [5.41, 5.74) is 2.58. The van der Waals surface area contributed by atoms with Crippen molar-refractivity contribution in [1.82, 2.24) is 4.98 Å². The standard InChI is InChI=1S/C17H17NOS/c19-20-14-5-3-6-15(20)9-13(8-14)17-11-18-10-12-4-1-2-7-16(12)17/h1-2,4,7-8,10-11,14-15H,3,5-6,9H2. The first kappa shape index (κ1) is 12.3. The molecule has 2 bridgehead atoms. The highest BCUT2D eigenvalue weighted by Gasteiger charge is 2.33. The molecule has 4 rings (SSSR count). The van der Waals surface area contributed by atoms with Crippen LogP contribution in [0.2, 0.25) is 0 Å². The molecule has 2 aliphatic heterocycles. The van der Waals surface area contributed by atoms with Crippen molar-refractivity contribution in [2.45, 2.75) is 36.2 Å². The van der Waals surface area contributed by atoms with Crippen LogP contribution in [-0.2, 0) is 10.8 Å². The van der Waals surface area contributed by atoms with E-state index >= 15 is 0 Å². The molecule has 0 N–H and O–H groups in total. The SMILES string of the molecule is O=S1C2C=C(c3cncc4ccccc34)CC1CCC2. The maximum atomic E-state index is 12.3. The van der Waals surface area contributed by atoms with Crippen LogP contribution in [0.4, 0.5) is 0 Å². The number of nitrogens with zero attached hydrogens (tertiary/aromatic N) is 1. The van der Waals surface area contributed by atoms with Crippen LogP contribution in [0.15, 0.2) is 42.7 Å². The van der Waals surface area contributed by atoms with Crippen LogP contribution in [0.25, 0.3) is 16.3 Å². The number of benzene rings is 1. The third-order valence-corrected chi connectivity index (χ3v) is 6.52. The van der Waals surface area contributed by atoms with Crippen molar-refractivity contribution in [3.8, 4) is 0 Å². The van der Waals surface area contributed by atoms with Crippen LogP contribution >= 0.6 is 0 Å². The summed E-state index contributed by atoms with van der Waals surface area (Å²) >= 11 is 0. The van der Waals surface area contributed by atoms with Gasteiger partial charge in [-0.1, -0.05) is 36.8 Å². The summed E-state index contributed by atoms with van der Waals surface area (Å²) in [4.78, 5) is 4.38. The minimum atomic E-state index is -0.661. The van der Waals surface area contributed by atoms with Gasteiger partial charge in [-0.2, -0.15) is 0 Å². The van der Waals surface area contributed by atoms with Crippen LogP contribution in [0.5, 0.6) is 0 Å². The van der Waals surface area contributed by atoms with Crippen LogP contribution in [-0.4, -0.2) is 19.7 Å². The first-order chi connectivity index (χ1) is 9.83. The average molecular weight is 283 g/mol. The summed E-state index contributed by atoms with van der Waals surface area (Å²) < 4.78 is 12.3. The lowest BCUT2D eigenvalue weighted by atomic mass is 9.92. The minimum absolute atomic E-state index is 0.261. The van der Waals surface area contributed by atoms with E-state index in [9.17, 15) is 4.21 Å². The van der Waals surface area contributed by atoms with Crippen LogP contribution < -0.4 is 0 Å². The normalized spacial score (nSPS) is 29.2. The van der Waals surface area contributed by atoms with Gasteiger partial charge in [0.2, 0.25) is 0 Å². The molecule has 1 aromatic heterocycles. The lowest BCUT2D eigenvalue weighted by molar-refractivity contribution is 0.579. The summed E-state index contributed by atoms with van der Waals surface area (Å²) in [6.45, 7) is 0. The largest absolute Gasteiger partial charge is 0.263 e. The molecule has 3 heterocycles. The molecule has 1 aromatic carbocycles. The van der Waals surface area contributed by atoms with Gasteiger partial charge < -0.3 is 0 Å². The maximum Gasteiger partial charge on any atom is 0.0536 e. The Hall–Kier alpha value is -1.48. The van der Waals surface area contributed by atoms with Crippen molar-refractivity contribution < 1.29 is 4.21 Å². The Balaban J connectivity index is 1.86. The molecular weight excluding hydrogens is 266 g/mol. The zero-order valence-corrected chi connectivity index (χ0v) is 12.1. The summed E-state index contributed by atoms with van der Waals surface area (Å²) in [6, 6.07) is 8.39. The summed E-state index contributed by atoms with van der Waals surface area (Å²) in [5.74, 6) is 0. The second kappa shape index (κ2) is 4.81. The molecule has 0 radical (unpaired) electrons. The van der Waals surface area contributed by atoms with E-state index in [-0.39, 0.29) is 5.25 Å². The Bertz CT molecular complexity index is 717. The van der Waals surface area contributed by atoms with Gasteiger partial charge in [0.05, 0.1) is 5.25 Å². The fourth-order valence-corrected chi connectivity index (χ4v) is 5.41. The maximum absolute atomic E-state index is 12.3. The Morgan fingerprint density at radius 1 is 1.15 bits per heavy atom. The van der Waals surface area contributed by atoms with Crippen molar-refractivity contribution in [1.29, 1.82) is 0 Å². The van der Waals surface area contributed by atoms with Gasteiger partial charge in [-0.05, 0) is 30.2 Å². The van der Waals surface area contributed by atoms with E-state index < -0.39 is 10.8 Å². The first-order valence-electron chi connectivity index (χ1n) is 7.26. The van der Waals surface area contributed by atoms with Gasteiger partial charge in [-0.3, -0.25) is 9.19 Å². The second-order valence-corrected chi connectivity index (χ2v) is 7.65. The smallest absolute Gasteiger partial charge is 0.0536 e. The van der Waals surface area contributed by atoms with E-state index in [1.807, 2.05) is 18.5 Å². The Morgan fingerprint density at radius 3 is 2.95 bits per heavy atom. The number of pyridine rings is 1. The number of aromatic nitrogens is 1. The predicted molar refractivity (Wildman–Crippen MR) is 83.9 cm³/mol. The van der Waals surface area contributed by atoms with E-state index in [0.717, 1.165) is 19.3 Å². The molecule has 0 saturated carbocycles. The third kappa shape index (κ3) is 1.92. The third-order valence-electron chi connectivity index (χ3n) is 4.49. The highest BCUT2D eigenvalue weighted by molar-refractivity contribution is 7.86.